The van der Waals surface area contributed by atoms with Crippen LogP contribution in [0.15, 0.2) is 30.3 Å². The molecule has 1 aliphatic carbocycles. The minimum Gasteiger partial charge on any atom is -0.383 e. The van der Waals surface area contributed by atoms with E-state index in [4.69, 9.17) is 0 Å². The second-order valence-corrected chi connectivity index (χ2v) is 6.23. The highest BCUT2D eigenvalue weighted by atomic mass is 32.1. The molecule has 0 aliphatic heterocycles. The molecular formula is C16H18OS. The lowest BCUT2D eigenvalue weighted by atomic mass is 9.97. The number of fused-ring (bicyclic) bond motifs is 1. The second-order valence-electron chi connectivity index (χ2n) is 5.06. The highest BCUT2D eigenvalue weighted by molar-refractivity contribution is 7.12. The summed E-state index contributed by atoms with van der Waals surface area (Å²) in [5.74, 6) is 0. The van der Waals surface area contributed by atoms with Crippen LogP contribution in [0.1, 0.15) is 45.4 Å². The van der Waals surface area contributed by atoms with Gasteiger partial charge in [-0.1, -0.05) is 24.3 Å². The minimum atomic E-state index is -0.457. The van der Waals surface area contributed by atoms with Crippen LogP contribution in [0.25, 0.3) is 0 Å². The zero-order chi connectivity index (χ0) is 12.5. The van der Waals surface area contributed by atoms with Crippen molar-refractivity contribution < 1.29 is 5.11 Å². The number of hydrogen-bond donors (Lipinski definition) is 1. The summed E-state index contributed by atoms with van der Waals surface area (Å²) in [5.41, 5.74) is 3.67. The number of rotatable bonds is 2. The van der Waals surface area contributed by atoms with Crippen molar-refractivity contribution >= 4 is 11.3 Å². The molecule has 1 aliphatic rings. The number of aryl methyl sites for hydroxylation is 3. The first kappa shape index (κ1) is 11.9. The molecule has 0 spiro atoms. The molecule has 0 saturated heterocycles. The molecule has 0 saturated carbocycles. The van der Waals surface area contributed by atoms with Gasteiger partial charge >= 0.3 is 0 Å². The maximum Gasteiger partial charge on any atom is 0.113 e. The quantitative estimate of drug-likeness (QED) is 0.862. The summed E-state index contributed by atoms with van der Waals surface area (Å²) in [4.78, 5) is 2.60. The Morgan fingerprint density at radius 1 is 1.17 bits per heavy atom. The van der Waals surface area contributed by atoms with E-state index in [1.807, 2.05) is 18.2 Å². The summed E-state index contributed by atoms with van der Waals surface area (Å²) in [6.07, 6.45) is 4.52. The largest absolute Gasteiger partial charge is 0.383 e. The van der Waals surface area contributed by atoms with Crippen LogP contribution < -0.4 is 0 Å². The third-order valence-corrected chi connectivity index (χ3v) is 5.06. The predicted molar refractivity (Wildman–Crippen MR) is 76.2 cm³/mol. The van der Waals surface area contributed by atoms with Gasteiger partial charge in [0.15, 0.2) is 0 Å². The number of benzene rings is 1. The third kappa shape index (κ3) is 2.11. The lowest BCUT2D eigenvalue weighted by Crippen LogP contribution is -1.99. The van der Waals surface area contributed by atoms with Gasteiger partial charge in [-0.05, 0) is 55.4 Å². The van der Waals surface area contributed by atoms with Crippen LogP contribution in [0.3, 0.4) is 0 Å². The van der Waals surface area contributed by atoms with Gasteiger partial charge in [0.1, 0.15) is 6.10 Å². The maximum absolute atomic E-state index is 10.5. The smallest absolute Gasteiger partial charge is 0.113 e. The molecule has 1 N–H and O–H groups in total. The van der Waals surface area contributed by atoms with Crippen molar-refractivity contribution in [3.8, 4) is 0 Å². The number of thiophene rings is 1. The Kier molecular flexibility index (Phi) is 3.23. The third-order valence-electron chi connectivity index (χ3n) is 3.77. The molecule has 3 rings (SSSR count). The average molecular weight is 258 g/mol. The second kappa shape index (κ2) is 4.87. The molecule has 0 fully saturated rings. The van der Waals surface area contributed by atoms with E-state index < -0.39 is 6.10 Å². The zero-order valence-corrected chi connectivity index (χ0v) is 11.5. The topological polar surface area (TPSA) is 20.2 Å². The Bertz CT molecular complexity index is 532. The first-order valence-corrected chi connectivity index (χ1v) is 7.42. The fourth-order valence-corrected chi connectivity index (χ4v) is 3.96. The van der Waals surface area contributed by atoms with Gasteiger partial charge < -0.3 is 5.11 Å². The van der Waals surface area contributed by atoms with Gasteiger partial charge in [0.25, 0.3) is 0 Å². The van der Waals surface area contributed by atoms with Gasteiger partial charge in [0.2, 0.25) is 0 Å². The Morgan fingerprint density at radius 3 is 2.72 bits per heavy atom. The summed E-state index contributed by atoms with van der Waals surface area (Å²) >= 11 is 1.80. The molecule has 0 bridgehead atoms. The molecule has 1 aromatic heterocycles. The molecule has 2 heteroatoms. The van der Waals surface area contributed by atoms with Crippen molar-refractivity contribution in [3.63, 3.8) is 0 Å². The maximum atomic E-state index is 10.5. The molecule has 94 valence electrons. The highest BCUT2D eigenvalue weighted by Crippen LogP contribution is 2.35. The Morgan fingerprint density at radius 2 is 1.94 bits per heavy atom. The van der Waals surface area contributed by atoms with E-state index >= 15 is 0 Å². The average Bonchev–Trinajstić information content (AvgIpc) is 2.82. The van der Waals surface area contributed by atoms with Gasteiger partial charge in [-0.3, -0.25) is 0 Å². The van der Waals surface area contributed by atoms with Crippen LogP contribution in [0, 0.1) is 6.92 Å². The van der Waals surface area contributed by atoms with Crippen LogP contribution in [0.2, 0.25) is 0 Å². The summed E-state index contributed by atoms with van der Waals surface area (Å²) in [5, 5.41) is 10.5. The lowest BCUT2D eigenvalue weighted by Gasteiger charge is -2.11. The first-order valence-electron chi connectivity index (χ1n) is 6.61. The Labute approximate surface area is 112 Å². The molecule has 0 amide bonds. The molecule has 2 aromatic rings. The van der Waals surface area contributed by atoms with E-state index in [9.17, 15) is 5.11 Å². The van der Waals surface area contributed by atoms with E-state index in [-0.39, 0.29) is 0 Å². The van der Waals surface area contributed by atoms with Crippen molar-refractivity contribution in [3.05, 3.63) is 56.8 Å². The van der Waals surface area contributed by atoms with E-state index in [0.29, 0.717) is 0 Å². The summed E-state index contributed by atoms with van der Waals surface area (Å²) in [6.45, 7) is 2.06. The van der Waals surface area contributed by atoms with Gasteiger partial charge in [0, 0.05) is 9.75 Å². The molecule has 18 heavy (non-hydrogen) atoms. The summed E-state index contributed by atoms with van der Waals surface area (Å²) in [7, 11) is 0. The monoisotopic (exact) mass is 258 g/mol. The summed E-state index contributed by atoms with van der Waals surface area (Å²) < 4.78 is 0. The number of aliphatic hydroxyl groups excluding tert-OH is 1. The van der Waals surface area contributed by atoms with Crippen LogP contribution in [0.5, 0.6) is 0 Å². The molecule has 0 radical (unpaired) electrons. The van der Waals surface area contributed by atoms with Crippen LogP contribution in [0.4, 0.5) is 0 Å². The molecule has 1 heterocycles. The van der Waals surface area contributed by atoms with Crippen LogP contribution in [-0.4, -0.2) is 5.11 Å². The Hall–Kier alpha value is -1.12. The lowest BCUT2D eigenvalue weighted by molar-refractivity contribution is 0.223. The van der Waals surface area contributed by atoms with Gasteiger partial charge in [0.05, 0.1) is 0 Å². The molecule has 1 unspecified atom stereocenters. The van der Waals surface area contributed by atoms with Crippen molar-refractivity contribution in [2.45, 2.75) is 38.7 Å². The number of aliphatic hydroxyl groups is 1. The van der Waals surface area contributed by atoms with Gasteiger partial charge in [-0.15, -0.1) is 11.3 Å². The summed E-state index contributed by atoms with van der Waals surface area (Å²) in [6, 6.07) is 10.3. The van der Waals surface area contributed by atoms with Crippen molar-refractivity contribution in [2.75, 3.05) is 0 Å². The van der Waals surface area contributed by atoms with Gasteiger partial charge in [-0.25, -0.2) is 0 Å². The minimum absolute atomic E-state index is 0.457. The van der Waals surface area contributed by atoms with E-state index in [1.165, 1.54) is 36.1 Å². The van der Waals surface area contributed by atoms with Crippen LogP contribution in [-0.2, 0) is 12.8 Å². The standard InChI is InChI=1S/C16H18OS/c1-11-6-2-4-8-13(11)16(17)15-10-12-7-3-5-9-14(12)18-15/h2,4,6,8,10,16-17H,3,5,7,9H2,1H3. The highest BCUT2D eigenvalue weighted by Gasteiger charge is 2.19. The fraction of sp³-hybridized carbons (Fsp3) is 0.375. The predicted octanol–water partition coefficient (Wildman–Crippen LogP) is 4.02. The van der Waals surface area contributed by atoms with Crippen LogP contribution >= 0.6 is 11.3 Å². The van der Waals surface area contributed by atoms with Crippen molar-refractivity contribution in [2.24, 2.45) is 0 Å². The first-order chi connectivity index (χ1) is 8.75. The van der Waals surface area contributed by atoms with Gasteiger partial charge in [-0.2, -0.15) is 0 Å². The van der Waals surface area contributed by atoms with E-state index in [1.54, 1.807) is 11.3 Å². The molecule has 1 atom stereocenters. The Balaban J connectivity index is 1.95. The zero-order valence-electron chi connectivity index (χ0n) is 10.6. The number of hydrogen-bond acceptors (Lipinski definition) is 2. The molecule has 1 nitrogen and oxygen atoms in total. The normalized spacial score (nSPS) is 16.3. The molecular weight excluding hydrogens is 240 g/mol. The van der Waals surface area contributed by atoms with E-state index in [2.05, 4.69) is 19.1 Å². The van der Waals surface area contributed by atoms with Crippen molar-refractivity contribution in [1.82, 2.24) is 0 Å². The molecule has 1 aromatic carbocycles. The van der Waals surface area contributed by atoms with E-state index in [0.717, 1.165) is 16.0 Å². The SMILES string of the molecule is Cc1ccccc1C(O)c1cc2c(s1)CCCC2. The fourth-order valence-electron chi connectivity index (χ4n) is 2.70. The van der Waals surface area contributed by atoms with Crippen molar-refractivity contribution in [1.29, 1.82) is 0 Å².